The van der Waals surface area contributed by atoms with Gasteiger partial charge in [-0.15, -0.1) is 0 Å². The molecule has 1 fully saturated rings. The quantitative estimate of drug-likeness (QED) is 0.525. The van der Waals surface area contributed by atoms with Crippen molar-refractivity contribution in [3.05, 3.63) is 59.7 Å². The van der Waals surface area contributed by atoms with Crippen molar-refractivity contribution in [2.75, 3.05) is 19.7 Å². The molecule has 0 spiro atoms. The minimum absolute atomic E-state index is 0.159. The number of piperidine rings is 1. The Morgan fingerprint density at radius 1 is 1.21 bits per heavy atom. The van der Waals surface area contributed by atoms with Crippen LogP contribution in [0.4, 0.5) is 0 Å². The average Bonchev–Trinajstić information content (AvgIpc) is 2.75. The summed E-state index contributed by atoms with van der Waals surface area (Å²) in [4.78, 5) is 25.9. The number of hydrogen-bond donors (Lipinski definition) is 0. The average molecular weight is 390 g/mol. The van der Waals surface area contributed by atoms with Crippen LogP contribution in [0.5, 0.6) is 0 Å². The first kappa shape index (κ1) is 20.8. The second-order valence-corrected chi connectivity index (χ2v) is 7.40. The Bertz CT molecular complexity index is 868. The van der Waals surface area contributed by atoms with Crippen molar-refractivity contribution < 1.29 is 14.3 Å². The summed E-state index contributed by atoms with van der Waals surface area (Å²) in [5.41, 5.74) is 3.66. The number of nitrogens with zero attached hydrogens (tertiary/aromatic N) is 2. The number of ether oxygens (including phenoxy) is 1. The lowest BCUT2D eigenvalue weighted by molar-refractivity contribution is -0.144. The molecule has 5 heteroatoms. The molecule has 3 rings (SSSR count). The van der Waals surface area contributed by atoms with Crippen LogP contribution in [0, 0.1) is 17.2 Å². The van der Waals surface area contributed by atoms with E-state index in [0.717, 1.165) is 48.9 Å². The molecule has 0 bridgehead atoms. The summed E-state index contributed by atoms with van der Waals surface area (Å²) in [6.07, 6.45) is 3.35. The SMILES string of the molecule is CCOC(=O)CC1CCCN(C(C=O)c2ccc(-c3ccc(C#N)cc3)cc2)C1. The smallest absolute Gasteiger partial charge is 0.306 e. The van der Waals surface area contributed by atoms with E-state index in [1.54, 1.807) is 12.1 Å². The van der Waals surface area contributed by atoms with Gasteiger partial charge in [0.05, 0.1) is 24.3 Å². The molecular weight excluding hydrogens is 364 g/mol. The van der Waals surface area contributed by atoms with Crippen LogP contribution in [-0.4, -0.2) is 36.9 Å². The van der Waals surface area contributed by atoms with Crippen molar-refractivity contribution in [3.8, 4) is 17.2 Å². The summed E-state index contributed by atoms with van der Waals surface area (Å²) in [6, 6.07) is 17.3. The fourth-order valence-electron chi connectivity index (χ4n) is 3.96. The summed E-state index contributed by atoms with van der Waals surface area (Å²) in [6.45, 7) is 3.78. The third-order valence-corrected chi connectivity index (χ3v) is 5.43. The van der Waals surface area contributed by atoms with Crippen molar-refractivity contribution >= 4 is 12.3 Å². The minimum atomic E-state index is -0.310. The van der Waals surface area contributed by atoms with Gasteiger partial charge in [0.25, 0.3) is 0 Å². The molecule has 2 aromatic carbocycles. The largest absolute Gasteiger partial charge is 0.466 e. The summed E-state index contributed by atoms with van der Waals surface area (Å²) in [7, 11) is 0. The maximum atomic E-state index is 11.9. The molecule has 29 heavy (non-hydrogen) atoms. The summed E-state index contributed by atoms with van der Waals surface area (Å²) < 4.78 is 5.08. The predicted molar refractivity (Wildman–Crippen MR) is 111 cm³/mol. The van der Waals surface area contributed by atoms with Gasteiger partial charge in [-0.3, -0.25) is 9.69 Å². The molecule has 2 unspecified atom stereocenters. The van der Waals surface area contributed by atoms with Gasteiger partial charge < -0.3 is 9.53 Å². The zero-order chi connectivity index (χ0) is 20.6. The van der Waals surface area contributed by atoms with Crippen molar-refractivity contribution in [1.82, 2.24) is 4.90 Å². The normalized spacial score (nSPS) is 17.9. The van der Waals surface area contributed by atoms with Gasteiger partial charge in [-0.25, -0.2) is 0 Å². The van der Waals surface area contributed by atoms with E-state index < -0.39 is 0 Å². The molecule has 2 atom stereocenters. The molecule has 0 radical (unpaired) electrons. The van der Waals surface area contributed by atoms with Crippen LogP contribution in [0.25, 0.3) is 11.1 Å². The number of hydrogen-bond acceptors (Lipinski definition) is 5. The van der Waals surface area contributed by atoms with Crippen molar-refractivity contribution in [3.63, 3.8) is 0 Å². The molecule has 0 amide bonds. The van der Waals surface area contributed by atoms with Gasteiger partial charge in [-0.2, -0.15) is 5.26 Å². The van der Waals surface area contributed by atoms with Gasteiger partial charge >= 0.3 is 5.97 Å². The summed E-state index contributed by atoms with van der Waals surface area (Å²) in [5, 5.41) is 8.93. The first-order chi connectivity index (χ1) is 14.1. The highest BCUT2D eigenvalue weighted by Gasteiger charge is 2.28. The van der Waals surface area contributed by atoms with Crippen LogP contribution in [0.1, 0.15) is 43.4 Å². The van der Waals surface area contributed by atoms with Gasteiger partial charge in [0.1, 0.15) is 6.29 Å². The molecule has 0 aliphatic carbocycles. The Hall–Kier alpha value is -2.97. The van der Waals surface area contributed by atoms with Gasteiger partial charge in [0.2, 0.25) is 0 Å². The van der Waals surface area contributed by atoms with Crippen molar-refractivity contribution in [1.29, 1.82) is 5.26 Å². The lowest BCUT2D eigenvalue weighted by atomic mass is 9.92. The molecule has 1 aliphatic heterocycles. The Balaban J connectivity index is 1.69. The number of aldehydes is 1. The first-order valence-electron chi connectivity index (χ1n) is 10.1. The molecule has 0 saturated carbocycles. The highest BCUT2D eigenvalue weighted by atomic mass is 16.5. The van der Waals surface area contributed by atoms with Crippen LogP contribution in [0.15, 0.2) is 48.5 Å². The number of carbonyl (C=O) groups excluding carboxylic acids is 2. The number of esters is 1. The van der Waals surface area contributed by atoms with Crippen LogP contribution < -0.4 is 0 Å². The van der Waals surface area contributed by atoms with Crippen LogP contribution in [-0.2, 0) is 14.3 Å². The molecule has 1 aliphatic rings. The highest BCUT2D eigenvalue weighted by molar-refractivity contribution is 5.70. The Morgan fingerprint density at radius 3 is 2.45 bits per heavy atom. The maximum Gasteiger partial charge on any atom is 0.306 e. The van der Waals surface area contributed by atoms with Crippen LogP contribution in [0.2, 0.25) is 0 Å². The molecule has 150 valence electrons. The Labute approximate surface area is 171 Å². The predicted octanol–water partition coefficient (Wildman–Crippen LogP) is 4.13. The van der Waals surface area contributed by atoms with Crippen LogP contribution in [0.3, 0.4) is 0 Å². The van der Waals surface area contributed by atoms with Gasteiger partial charge in [-0.1, -0.05) is 36.4 Å². The molecule has 5 nitrogen and oxygen atoms in total. The van der Waals surface area contributed by atoms with Gasteiger partial charge in [0, 0.05) is 13.0 Å². The fourth-order valence-corrected chi connectivity index (χ4v) is 3.96. The number of likely N-dealkylation sites (tertiary alicyclic amines) is 1. The number of benzene rings is 2. The van der Waals surface area contributed by atoms with Crippen LogP contribution >= 0.6 is 0 Å². The lowest BCUT2D eigenvalue weighted by Gasteiger charge is -2.36. The second kappa shape index (κ2) is 9.99. The molecule has 0 N–H and O–H groups in total. The second-order valence-electron chi connectivity index (χ2n) is 7.40. The van der Waals surface area contributed by atoms with E-state index in [9.17, 15) is 9.59 Å². The van der Waals surface area contributed by atoms with E-state index in [-0.39, 0.29) is 17.9 Å². The van der Waals surface area contributed by atoms with Crippen molar-refractivity contribution in [2.24, 2.45) is 5.92 Å². The van der Waals surface area contributed by atoms with E-state index in [2.05, 4.69) is 11.0 Å². The molecule has 2 aromatic rings. The van der Waals surface area contributed by atoms with Gasteiger partial charge in [-0.05, 0) is 61.1 Å². The Kier molecular flexibility index (Phi) is 7.15. The molecular formula is C24H26N2O3. The Morgan fingerprint density at radius 2 is 1.86 bits per heavy atom. The summed E-state index contributed by atoms with van der Waals surface area (Å²) >= 11 is 0. The number of rotatable bonds is 7. The number of nitriles is 1. The summed E-state index contributed by atoms with van der Waals surface area (Å²) in [5.74, 6) is 0.0666. The third kappa shape index (κ3) is 5.30. The zero-order valence-corrected chi connectivity index (χ0v) is 16.7. The van der Waals surface area contributed by atoms with E-state index in [4.69, 9.17) is 10.00 Å². The van der Waals surface area contributed by atoms with E-state index in [0.29, 0.717) is 18.6 Å². The molecule has 1 heterocycles. The number of carbonyl (C=O) groups is 2. The maximum absolute atomic E-state index is 11.9. The minimum Gasteiger partial charge on any atom is -0.466 e. The van der Waals surface area contributed by atoms with Crippen molar-refractivity contribution in [2.45, 2.75) is 32.2 Å². The molecule has 0 aromatic heterocycles. The zero-order valence-electron chi connectivity index (χ0n) is 16.7. The third-order valence-electron chi connectivity index (χ3n) is 5.43. The standard InChI is InChI=1S/C24H26N2O3/c1-2-29-24(28)14-19-4-3-13-26(16-19)23(17-27)22-11-9-21(10-12-22)20-7-5-18(15-25)6-8-20/h5-12,17,19,23H,2-4,13-14,16H2,1H3. The van der Waals surface area contributed by atoms with E-state index in [1.807, 2.05) is 43.3 Å². The topological polar surface area (TPSA) is 70.4 Å². The lowest BCUT2D eigenvalue weighted by Crippen LogP contribution is -2.39. The van der Waals surface area contributed by atoms with Gasteiger partial charge in [0.15, 0.2) is 0 Å². The fraction of sp³-hybridized carbons (Fsp3) is 0.375. The first-order valence-corrected chi connectivity index (χ1v) is 10.1. The van der Waals surface area contributed by atoms with E-state index in [1.165, 1.54) is 0 Å². The highest BCUT2D eigenvalue weighted by Crippen LogP contribution is 2.29. The van der Waals surface area contributed by atoms with E-state index >= 15 is 0 Å². The molecule has 1 saturated heterocycles. The monoisotopic (exact) mass is 390 g/mol.